The van der Waals surface area contributed by atoms with Crippen molar-refractivity contribution in [1.29, 1.82) is 0 Å². The number of amides is 1. The van der Waals surface area contributed by atoms with Crippen LogP contribution in [0.3, 0.4) is 0 Å². The van der Waals surface area contributed by atoms with Gasteiger partial charge in [-0.3, -0.25) is 4.79 Å². The predicted molar refractivity (Wildman–Crippen MR) is 44.3 cm³/mol. The molecule has 7 heteroatoms. The minimum absolute atomic E-state index is 0.109. The second-order valence-electron chi connectivity index (χ2n) is 3.14. The van der Waals surface area contributed by atoms with Gasteiger partial charge in [0.2, 0.25) is 0 Å². The van der Waals surface area contributed by atoms with Gasteiger partial charge in [0, 0.05) is 6.54 Å². The molecule has 0 fully saturated rings. The lowest BCUT2D eigenvalue weighted by Crippen LogP contribution is -2.19. The highest BCUT2D eigenvalue weighted by atomic mass is 19.4. The summed E-state index contributed by atoms with van der Waals surface area (Å²) in [6, 6.07) is 2.07. The molecule has 1 N–H and O–H groups in total. The van der Waals surface area contributed by atoms with Crippen molar-refractivity contribution >= 4 is 5.91 Å². The average Bonchev–Trinajstić information content (AvgIpc) is 2.51. The van der Waals surface area contributed by atoms with Crippen LogP contribution < -0.4 is 10.1 Å². The SMILES string of the molecule is O=C1NCc2ccc(OC(F)(F)F)c(F)c21. The van der Waals surface area contributed by atoms with Crippen molar-refractivity contribution in [3.8, 4) is 5.75 Å². The van der Waals surface area contributed by atoms with Crippen molar-refractivity contribution in [2.75, 3.05) is 0 Å². The number of ether oxygens (including phenoxy) is 1. The Balaban J connectivity index is 2.43. The summed E-state index contributed by atoms with van der Waals surface area (Å²) in [6.45, 7) is 0.109. The van der Waals surface area contributed by atoms with Crippen LogP contribution >= 0.6 is 0 Å². The van der Waals surface area contributed by atoms with Crippen molar-refractivity contribution in [1.82, 2.24) is 5.32 Å². The predicted octanol–water partition coefficient (Wildman–Crippen LogP) is 1.97. The zero-order chi connectivity index (χ0) is 11.9. The molecule has 16 heavy (non-hydrogen) atoms. The van der Waals surface area contributed by atoms with Gasteiger partial charge in [0.05, 0.1) is 5.56 Å². The number of fused-ring (bicyclic) bond motifs is 1. The van der Waals surface area contributed by atoms with Crippen LogP contribution in [0.5, 0.6) is 5.75 Å². The molecule has 1 heterocycles. The standard InChI is InChI=1S/C9H5F4NO2/c10-7-5(16-9(11,12)13)2-1-4-3-14-8(15)6(4)7/h1-2H,3H2,(H,14,15). The normalized spacial score (nSPS) is 14.6. The highest BCUT2D eigenvalue weighted by molar-refractivity contribution is 5.99. The lowest BCUT2D eigenvalue weighted by Gasteiger charge is -2.10. The molecule has 0 aliphatic carbocycles. The number of hydrogen-bond acceptors (Lipinski definition) is 2. The summed E-state index contributed by atoms with van der Waals surface area (Å²) in [5, 5.41) is 2.30. The summed E-state index contributed by atoms with van der Waals surface area (Å²) >= 11 is 0. The van der Waals surface area contributed by atoms with E-state index in [0.29, 0.717) is 5.56 Å². The fourth-order valence-corrected chi connectivity index (χ4v) is 1.46. The van der Waals surface area contributed by atoms with Gasteiger partial charge in [-0.25, -0.2) is 4.39 Å². The van der Waals surface area contributed by atoms with Crippen LogP contribution in [0.15, 0.2) is 12.1 Å². The second-order valence-corrected chi connectivity index (χ2v) is 3.14. The number of carbonyl (C=O) groups is 1. The lowest BCUT2D eigenvalue weighted by molar-refractivity contribution is -0.275. The van der Waals surface area contributed by atoms with Crippen LogP contribution in [0.1, 0.15) is 15.9 Å². The van der Waals surface area contributed by atoms with Gasteiger partial charge in [0.1, 0.15) is 0 Å². The van der Waals surface area contributed by atoms with Crippen molar-refractivity contribution in [3.05, 3.63) is 29.1 Å². The van der Waals surface area contributed by atoms with Gasteiger partial charge in [-0.1, -0.05) is 6.07 Å². The number of rotatable bonds is 1. The van der Waals surface area contributed by atoms with Gasteiger partial charge >= 0.3 is 6.36 Å². The number of halogens is 4. The van der Waals surface area contributed by atoms with Crippen LogP contribution in [-0.2, 0) is 6.54 Å². The molecule has 0 aromatic heterocycles. The Morgan fingerprint density at radius 3 is 2.62 bits per heavy atom. The molecular formula is C9H5F4NO2. The van der Waals surface area contributed by atoms with Crippen LogP contribution in [0.25, 0.3) is 0 Å². The quantitative estimate of drug-likeness (QED) is 0.755. The first-order chi connectivity index (χ1) is 7.38. The molecule has 0 atom stereocenters. The van der Waals surface area contributed by atoms with Gasteiger partial charge in [0.25, 0.3) is 5.91 Å². The second kappa shape index (κ2) is 3.36. The molecule has 1 aliphatic rings. The zero-order valence-electron chi connectivity index (χ0n) is 7.69. The molecule has 0 saturated carbocycles. The zero-order valence-corrected chi connectivity index (χ0v) is 7.69. The molecule has 1 aromatic rings. The lowest BCUT2D eigenvalue weighted by atomic mass is 10.1. The van der Waals surface area contributed by atoms with E-state index >= 15 is 0 Å². The molecule has 1 aromatic carbocycles. The van der Waals surface area contributed by atoms with E-state index in [-0.39, 0.29) is 12.1 Å². The number of nitrogens with one attached hydrogen (secondary N) is 1. The smallest absolute Gasteiger partial charge is 0.403 e. The molecule has 86 valence electrons. The van der Waals surface area contributed by atoms with Gasteiger partial charge in [-0.05, 0) is 11.6 Å². The van der Waals surface area contributed by atoms with Crippen molar-refractivity contribution in [3.63, 3.8) is 0 Å². The minimum Gasteiger partial charge on any atom is -0.403 e. The maximum atomic E-state index is 13.5. The van der Waals surface area contributed by atoms with E-state index in [4.69, 9.17) is 0 Å². The van der Waals surface area contributed by atoms with Crippen molar-refractivity contribution in [2.24, 2.45) is 0 Å². The maximum absolute atomic E-state index is 13.5. The maximum Gasteiger partial charge on any atom is 0.573 e. The average molecular weight is 235 g/mol. The first kappa shape index (κ1) is 10.7. The van der Waals surface area contributed by atoms with E-state index in [1.54, 1.807) is 0 Å². The first-order valence-corrected chi connectivity index (χ1v) is 4.24. The van der Waals surface area contributed by atoms with Gasteiger partial charge in [-0.2, -0.15) is 0 Å². The Morgan fingerprint density at radius 2 is 2.00 bits per heavy atom. The monoisotopic (exact) mass is 235 g/mol. The van der Waals surface area contributed by atoms with E-state index in [2.05, 4.69) is 10.1 Å². The first-order valence-electron chi connectivity index (χ1n) is 4.24. The van der Waals surface area contributed by atoms with E-state index in [9.17, 15) is 22.4 Å². The van der Waals surface area contributed by atoms with Gasteiger partial charge < -0.3 is 10.1 Å². The van der Waals surface area contributed by atoms with Gasteiger partial charge in [-0.15, -0.1) is 13.2 Å². The third-order valence-corrected chi connectivity index (χ3v) is 2.08. The van der Waals surface area contributed by atoms with Crippen LogP contribution in [-0.4, -0.2) is 12.3 Å². The van der Waals surface area contributed by atoms with Crippen molar-refractivity contribution < 1.29 is 27.1 Å². The van der Waals surface area contributed by atoms with E-state index < -0.39 is 23.8 Å². The fraction of sp³-hybridized carbons (Fsp3) is 0.222. The summed E-state index contributed by atoms with van der Waals surface area (Å²) in [5.74, 6) is -3.02. The number of hydrogen-bond donors (Lipinski definition) is 1. The molecule has 0 unspecified atom stereocenters. The Hall–Kier alpha value is -1.79. The number of carbonyl (C=O) groups excluding carboxylic acids is 1. The van der Waals surface area contributed by atoms with Crippen LogP contribution in [0.4, 0.5) is 17.6 Å². The summed E-state index contributed by atoms with van der Waals surface area (Å²) in [7, 11) is 0. The summed E-state index contributed by atoms with van der Waals surface area (Å²) in [4.78, 5) is 11.1. The van der Waals surface area contributed by atoms with Gasteiger partial charge in [0.15, 0.2) is 11.6 Å². The molecule has 0 bridgehead atoms. The summed E-state index contributed by atoms with van der Waals surface area (Å²) in [5.41, 5.74) is -0.0706. The number of alkyl halides is 3. The highest BCUT2D eigenvalue weighted by Gasteiger charge is 2.34. The van der Waals surface area contributed by atoms with E-state index in [0.717, 1.165) is 6.07 Å². The Kier molecular flexibility index (Phi) is 2.25. The molecule has 0 spiro atoms. The molecule has 2 rings (SSSR count). The van der Waals surface area contributed by atoms with E-state index in [1.165, 1.54) is 6.07 Å². The molecule has 0 saturated heterocycles. The molecule has 0 radical (unpaired) electrons. The summed E-state index contributed by atoms with van der Waals surface area (Å²) < 4.78 is 52.6. The Labute approximate surface area is 87.0 Å². The topological polar surface area (TPSA) is 38.3 Å². The van der Waals surface area contributed by atoms with E-state index in [1.807, 2.05) is 0 Å². The Morgan fingerprint density at radius 1 is 1.31 bits per heavy atom. The fourth-order valence-electron chi connectivity index (χ4n) is 1.46. The van der Waals surface area contributed by atoms with Crippen LogP contribution in [0, 0.1) is 5.82 Å². The summed E-state index contributed by atoms with van der Waals surface area (Å²) in [6.07, 6.45) is -4.98. The Bertz CT molecular complexity index is 456. The molecular weight excluding hydrogens is 230 g/mol. The molecule has 3 nitrogen and oxygen atoms in total. The number of benzene rings is 1. The van der Waals surface area contributed by atoms with Crippen LogP contribution in [0.2, 0.25) is 0 Å². The highest BCUT2D eigenvalue weighted by Crippen LogP contribution is 2.30. The van der Waals surface area contributed by atoms with Crippen molar-refractivity contribution in [2.45, 2.75) is 12.9 Å². The largest absolute Gasteiger partial charge is 0.573 e. The minimum atomic E-state index is -4.98. The third kappa shape index (κ3) is 1.80. The molecule has 1 aliphatic heterocycles. The third-order valence-electron chi connectivity index (χ3n) is 2.08. The molecule has 1 amide bonds.